The van der Waals surface area contributed by atoms with Crippen molar-refractivity contribution in [3.63, 3.8) is 0 Å². The highest BCUT2D eigenvalue weighted by atomic mass is 16.5. The van der Waals surface area contributed by atoms with Gasteiger partial charge in [0.1, 0.15) is 0 Å². The van der Waals surface area contributed by atoms with E-state index in [1.165, 1.54) is 18.4 Å². The number of hydrogen-bond acceptors (Lipinski definition) is 3. The van der Waals surface area contributed by atoms with Crippen molar-refractivity contribution in [2.24, 2.45) is 11.3 Å². The summed E-state index contributed by atoms with van der Waals surface area (Å²) >= 11 is 0. The van der Waals surface area contributed by atoms with Crippen LogP contribution in [0.15, 0.2) is 30.3 Å². The summed E-state index contributed by atoms with van der Waals surface area (Å²) in [6, 6.07) is 10.5. The molecule has 2 aliphatic rings. The number of hydrogen-bond donors (Lipinski definition) is 0. The fraction of sp³-hybridized carbons (Fsp3) is 0.588. The van der Waals surface area contributed by atoms with Crippen molar-refractivity contribution in [1.82, 2.24) is 4.90 Å². The molecule has 0 unspecified atom stereocenters. The molecule has 1 aromatic carbocycles. The van der Waals surface area contributed by atoms with Crippen molar-refractivity contribution in [2.45, 2.75) is 32.7 Å². The minimum absolute atomic E-state index is 0.0399. The molecule has 1 heterocycles. The third-order valence-corrected chi connectivity index (χ3v) is 4.87. The average Bonchev–Trinajstić information content (AvgIpc) is 2.97. The Hall–Kier alpha value is -1.35. The molecular formula is C17H23NO2. The van der Waals surface area contributed by atoms with Crippen LogP contribution in [0.1, 0.15) is 31.7 Å². The van der Waals surface area contributed by atoms with Gasteiger partial charge < -0.3 is 4.74 Å². The molecule has 20 heavy (non-hydrogen) atoms. The lowest BCUT2D eigenvalue weighted by molar-refractivity contribution is -0.156. The van der Waals surface area contributed by atoms with Crippen LogP contribution in [0.4, 0.5) is 0 Å². The SMILES string of the molecule is CCOC(=O)[C@@]12CCC[C@@H]1CN(Cc1ccccc1)C2. The number of benzene rings is 1. The van der Waals surface area contributed by atoms with E-state index in [2.05, 4.69) is 29.2 Å². The van der Waals surface area contributed by atoms with Crippen molar-refractivity contribution in [3.8, 4) is 0 Å². The summed E-state index contributed by atoms with van der Waals surface area (Å²) in [5, 5.41) is 0. The predicted molar refractivity (Wildman–Crippen MR) is 78.1 cm³/mol. The van der Waals surface area contributed by atoms with Gasteiger partial charge in [0.2, 0.25) is 0 Å². The molecule has 0 bridgehead atoms. The smallest absolute Gasteiger partial charge is 0.313 e. The Morgan fingerprint density at radius 3 is 2.95 bits per heavy atom. The second-order valence-corrected chi connectivity index (χ2v) is 6.12. The first-order chi connectivity index (χ1) is 9.74. The van der Waals surface area contributed by atoms with Gasteiger partial charge in [0.25, 0.3) is 0 Å². The van der Waals surface area contributed by atoms with E-state index in [0.29, 0.717) is 12.5 Å². The Kier molecular flexibility index (Phi) is 3.79. The van der Waals surface area contributed by atoms with Crippen molar-refractivity contribution in [1.29, 1.82) is 0 Å². The predicted octanol–water partition coefficient (Wildman–Crippen LogP) is 2.85. The molecule has 3 rings (SSSR count). The average molecular weight is 273 g/mol. The van der Waals surface area contributed by atoms with Crippen molar-refractivity contribution < 1.29 is 9.53 Å². The molecule has 3 heteroatoms. The zero-order valence-electron chi connectivity index (χ0n) is 12.2. The van der Waals surface area contributed by atoms with Gasteiger partial charge in [-0.2, -0.15) is 0 Å². The number of carbonyl (C=O) groups excluding carboxylic acids is 1. The van der Waals surface area contributed by atoms with E-state index in [9.17, 15) is 4.79 Å². The van der Waals surface area contributed by atoms with E-state index in [0.717, 1.165) is 26.1 Å². The van der Waals surface area contributed by atoms with Crippen LogP contribution in [0.5, 0.6) is 0 Å². The second kappa shape index (κ2) is 5.57. The quantitative estimate of drug-likeness (QED) is 0.790. The number of esters is 1. The van der Waals surface area contributed by atoms with Crippen LogP contribution in [-0.4, -0.2) is 30.6 Å². The molecule has 1 saturated carbocycles. The molecule has 1 saturated heterocycles. The van der Waals surface area contributed by atoms with E-state index in [1.807, 2.05) is 13.0 Å². The van der Waals surface area contributed by atoms with Gasteiger partial charge in [0.15, 0.2) is 0 Å². The fourth-order valence-corrected chi connectivity index (χ4v) is 3.96. The van der Waals surface area contributed by atoms with Crippen LogP contribution in [0.2, 0.25) is 0 Å². The van der Waals surface area contributed by atoms with Gasteiger partial charge >= 0.3 is 5.97 Å². The van der Waals surface area contributed by atoms with Crippen LogP contribution >= 0.6 is 0 Å². The number of rotatable bonds is 4. The van der Waals surface area contributed by atoms with Gasteiger partial charge in [-0.05, 0) is 31.2 Å². The summed E-state index contributed by atoms with van der Waals surface area (Å²) in [6.07, 6.45) is 3.34. The lowest BCUT2D eigenvalue weighted by Crippen LogP contribution is -2.37. The van der Waals surface area contributed by atoms with Gasteiger partial charge in [-0.1, -0.05) is 36.8 Å². The third-order valence-electron chi connectivity index (χ3n) is 4.87. The van der Waals surface area contributed by atoms with Crippen LogP contribution < -0.4 is 0 Å². The molecule has 0 N–H and O–H groups in total. The lowest BCUT2D eigenvalue weighted by atomic mass is 9.81. The monoisotopic (exact) mass is 273 g/mol. The third kappa shape index (κ3) is 2.35. The summed E-state index contributed by atoms with van der Waals surface area (Å²) in [7, 11) is 0. The Balaban J connectivity index is 1.72. The number of fused-ring (bicyclic) bond motifs is 1. The minimum Gasteiger partial charge on any atom is -0.466 e. The molecule has 1 aliphatic heterocycles. The van der Waals surface area contributed by atoms with E-state index in [4.69, 9.17) is 4.74 Å². The topological polar surface area (TPSA) is 29.5 Å². The molecule has 2 fully saturated rings. The maximum Gasteiger partial charge on any atom is 0.313 e. The zero-order chi connectivity index (χ0) is 14.0. The van der Waals surface area contributed by atoms with Gasteiger partial charge in [0.05, 0.1) is 12.0 Å². The molecule has 1 aliphatic carbocycles. The molecule has 1 aromatic rings. The maximum absolute atomic E-state index is 12.4. The lowest BCUT2D eigenvalue weighted by Gasteiger charge is -2.26. The van der Waals surface area contributed by atoms with Crippen LogP contribution in [0.25, 0.3) is 0 Å². The van der Waals surface area contributed by atoms with E-state index < -0.39 is 0 Å². The molecular weight excluding hydrogens is 250 g/mol. The summed E-state index contributed by atoms with van der Waals surface area (Å²) < 4.78 is 5.36. The first kappa shape index (κ1) is 13.6. The Morgan fingerprint density at radius 1 is 1.40 bits per heavy atom. The number of ether oxygens (including phenoxy) is 1. The maximum atomic E-state index is 12.4. The van der Waals surface area contributed by atoms with Gasteiger partial charge in [-0.3, -0.25) is 9.69 Å². The summed E-state index contributed by atoms with van der Waals surface area (Å²) in [5.74, 6) is 0.531. The van der Waals surface area contributed by atoms with Gasteiger partial charge in [-0.15, -0.1) is 0 Å². The van der Waals surface area contributed by atoms with Crippen LogP contribution in [0, 0.1) is 11.3 Å². The zero-order valence-corrected chi connectivity index (χ0v) is 12.2. The highest BCUT2D eigenvalue weighted by Gasteiger charge is 2.55. The minimum atomic E-state index is -0.217. The number of likely N-dealkylation sites (tertiary alicyclic amines) is 1. The highest BCUT2D eigenvalue weighted by Crippen LogP contribution is 2.49. The molecule has 108 valence electrons. The number of carbonyl (C=O) groups is 1. The Bertz CT molecular complexity index is 473. The summed E-state index contributed by atoms with van der Waals surface area (Å²) in [4.78, 5) is 14.8. The van der Waals surface area contributed by atoms with Gasteiger partial charge in [-0.25, -0.2) is 0 Å². The highest BCUT2D eigenvalue weighted by molar-refractivity contribution is 5.78. The molecule has 0 spiro atoms. The van der Waals surface area contributed by atoms with E-state index in [-0.39, 0.29) is 11.4 Å². The molecule has 0 aromatic heterocycles. The largest absolute Gasteiger partial charge is 0.466 e. The first-order valence-corrected chi connectivity index (χ1v) is 7.68. The van der Waals surface area contributed by atoms with Crippen molar-refractivity contribution in [2.75, 3.05) is 19.7 Å². The van der Waals surface area contributed by atoms with E-state index >= 15 is 0 Å². The summed E-state index contributed by atoms with van der Waals surface area (Å²) in [5.41, 5.74) is 1.11. The molecule has 0 radical (unpaired) electrons. The first-order valence-electron chi connectivity index (χ1n) is 7.68. The van der Waals surface area contributed by atoms with Crippen LogP contribution in [0.3, 0.4) is 0 Å². The molecule has 0 amide bonds. The fourth-order valence-electron chi connectivity index (χ4n) is 3.96. The summed E-state index contributed by atoms with van der Waals surface area (Å²) in [6.45, 7) is 5.23. The normalized spacial score (nSPS) is 29.4. The Morgan fingerprint density at radius 2 is 2.20 bits per heavy atom. The standard InChI is InChI=1S/C17H23NO2/c1-2-20-16(19)17-10-6-9-15(17)12-18(13-17)11-14-7-4-3-5-8-14/h3-5,7-8,15H,2,6,9-13H2,1H3/t15-,17-/m1/s1. The van der Waals surface area contributed by atoms with Crippen molar-refractivity contribution >= 4 is 5.97 Å². The molecule has 3 nitrogen and oxygen atoms in total. The number of nitrogens with zero attached hydrogens (tertiary/aromatic N) is 1. The second-order valence-electron chi connectivity index (χ2n) is 6.12. The van der Waals surface area contributed by atoms with Crippen LogP contribution in [-0.2, 0) is 16.1 Å². The van der Waals surface area contributed by atoms with Gasteiger partial charge in [0, 0.05) is 19.6 Å². The Labute approximate surface area is 120 Å². The van der Waals surface area contributed by atoms with Crippen molar-refractivity contribution in [3.05, 3.63) is 35.9 Å². The van der Waals surface area contributed by atoms with E-state index in [1.54, 1.807) is 0 Å². The molecule has 2 atom stereocenters.